The highest BCUT2D eigenvalue weighted by atomic mass is 79.9. The molecule has 0 heterocycles. The minimum absolute atomic E-state index is 0.151. The van der Waals surface area contributed by atoms with Gasteiger partial charge in [-0.05, 0) is 58.7 Å². The lowest BCUT2D eigenvalue weighted by atomic mass is 10.1. The Labute approximate surface area is 156 Å². The largest absolute Gasteiger partial charge is 0.483 e. The molecule has 0 aliphatic heterocycles. The maximum absolute atomic E-state index is 12.1. The van der Waals surface area contributed by atoms with Gasteiger partial charge in [-0.15, -0.1) is 0 Å². The Balaban J connectivity index is 2.03. The zero-order chi connectivity index (χ0) is 17.7. The van der Waals surface area contributed by atoms with Crippen molar-refractivity contribution >= 4 is 49.4 Å². The second-order valence-electron chi connectivity index (χ2n) is 4.93. The number of amides is 1. The van der Waals surface area contributed by atoms with E-state index >= 15 is 0 Å². The summed E-state index contributed by atoms with van der Waals surface area (Å²) >= 11 is 6.72. The zero-order valence-corrected chi connectivity index (χ0v) is 16.2. The summed E-state index contributed by atoms with van der Waals surface area (Å²) in [5.74, 6) is -0.219. The van der Waals surface area contributed by atoms with Crippen molar-refractivity contribution in [3.8, 4) is 5.75 Å². The molecule has 0 radical (unpaired) electrons. The highest BCUT2D eigenvalue weighted by molar-refractivity contribution is 9.11. The van der Waals surface area contributed by atoms with Gasteiger partial charge in [0.1, 0.15) is 5.75 Å². The van der Waals surface area contributed by atoms with Gasteiger partial charge in [-0.2, -0.15) is 0 Å². The van der Waals surface area contributed by atoms with Crippen molar-refractivity contribution in [3.63, 3.8) is 0 Å². The van der Waals surface area contributed by atoms with E-state index in [0.717, 1.165) is 14.5 Å². The topological polar surface area (TPSA) is 64.6 Å². The predicted octanol–water partition coefficient (Wildman–Crippen LogP) is 4.32. The minimum Gasteiger partial charge on any atom is -0.483 e. The highest BCUT2D eigenvalue weighted by Crippen LogP contribution is 2.28. The van der Waals surface area contributed by atoms with Crippen LogP contribution in [-0.2, 0) is 9.53 Å². The van der Waals surface area contributed by atoms with Gasteiger partial charge in [0.15, 0.2) is 6.61 Å². The van der Waals surface area contributed by atoms with Gasteiger partial charge >= 0.3 is 5.97 Å². The molecule has 2 aromatic carbocycles. The summed E-state index contributed by atoms with van der Waals surface area (Å²) in [7, 11) is 1.31. The number of halogens is 2. The number of ether oxygens (including phenoxy) is 2. The van der Waals surface area contributed by atoms with Crippen LogP contribution in [0.4, 0.5) is 5.69 Å². The number of aryl methyl sites for hydroxylation is 1. The molecule has 0 aliphatic carbocycles. The fourth-order valence-electron chi connectivity index (χ4n) is 1.92. The molecule has 0 aromatic heterocycles. The number of benzene rings is 2. The Morgan fingerprint density at radius 1 is 1.12 bits per heavy atom. The first-order valence-electron chi connectivity index (χ1n) is 6.97. The van der Waals surface area contributed by atoms with Gasteiger partial charge in [-0.3, -0.25) is 4.79 Å². The SMILES string of the molecule is COC(=O)c1ccc(C)c(NC(=O)COc2ccc(Br)cc2Br)c1. The second kappa shape index (κ2) is 8.30. The summed E-state index contributed by atoms with van der Waals surface area (Å²) in [6.07, 6.45) is 0. The Hall–Kier alpha value is -1.86. The monoisotopic (exact) mass is 455 g/mol. The fraction of sp³-hybridized carbons (Fsp3) is 0.176. The average Bonchev–Trinajstić information content (AvgIpc) is 2.55. The molecule has 7 heteroatoms. The lowest BCUT2D eigenvalue weighted by molar-refractivity contribution is -0.118. The molecule has 0 atom stereocenters. The molecule has 0 saturated carbocycles. The number of carbonyl (C=O) groups is 2. The Kier molecular flexibility index (Phi) is 6.39. The van der Waals surface area contributed by atoms with Crippen LogP contribution in [0.5, 0.6) is 5.75 Å². The number of anilines is 1. The summed E-state index contributed by atoms with van der Waals surface area (Å²) in [5.41, 5.74) is 1.75. The van der Waals surface area contributed by atoms with Crippen molar-refractivity contribution in [3.05, 3.63) is 56.5 Å². The van der Waals surface area contributed by atoms with E-state index in [4.69, 9.17) is 4.74 Å². The first-order valence-corrected chi connectivity index (χ1v) is 8.56. The molecule has 0 aliphatic rings. The van der Waals surface area contributed by atoms with Crippen LogP contribution < -0.4 is 10.1 Å². The fourth-order valence-corrected chi connectivity index (χ4v) is 3.08. The van der Waals surface area contributed by atoms with Crippen molar-refractivity contribution in [1.29, 1.82) is 0 Å². The van der Waals surface area contributed by atoms with Gasteiger partial charge < -0.3 is 14.8 Å². The van der Waals surface area contributed by atoms with Crippen LogP contribution in [0.1, 0.15) is 15.9 Å². The third-order valence-corrected chi connectivity index (χ3v) is 4.30. The molecule has 1 N–H and O–H groups in total. The summed E-state index contributed by atoms with van der Waals surface area (Å²) in [6, 6.07) is 10.4. The summed E-state index contributed by atoms with van der Waals surface area (Å²) in [6.45, 7) is 1.69. The second-order valence-corrected chi connectivity index (χ2v) is 6.70. The van der Waals surface area contributed by atoms with Crippen LogP contribution in [0.15, 0.2) is 45.3 Å². The van der Waals surface area contributed by atoms with Crippen LogP contribution in [0.2, 0.25) is 0 Å². The lowest BCUT2D eigenvalue weighted by Gasteiger charge is -2.11. The zero-order valence-electron chi connectivity index (χ0n) is 13.1. The van der Waals surface area contributed by atoms with Crippen molar-refractivity contribution in [2.75, 3.05) is 19.0 Å². The first-order chi connectivity index (χ1) is 11.4. The molecule has 1 amide bonds. The van der Waals surface area contributed by atoms with Gasteiger partial charge in [0.25, 0.3) is 5.91 Å². The first kappa shape index (κ1) is 18.5. The smallest absolute Gasteiger partial charge is 0.337 e. The van der Waals surface area contributed by atoms with Crippen molar-refractivity contribution in [1.82, 2.24) is 0 Å². The standard InChI is InChI=1S/C17H15Br2NO4/c1-10-3-4-11(17(22)23-2)7-14(10)20-16(21)9-24-15-6-5-12(18)8-13(15)19/h3-8H,9H2,1-2H3,(H,20,21). The number of esters is 1. The Morgan fingerprint density at radius 2 is 1.88 bits per heavy atom. The van der Waals surface area contributed by atoms with E-state index in [-0.39, 0.29) is 12.5 Å². The molecule has 126 valence electrons. The van der Waals surface area contributed by atoms with Crippen LogP contribution in [0, 0.1) is 6.92 Å². The highest BCUT2D eigenvalue weighted by Gasteiger charge is 2.11. The summed E-state index contributed by atoms with van der Waals surface area (Å²) in [5, 5.41) is 2.73. The van der Waals surface area contributed by atoms with Crippen molar-refractivity contribution in [2.45, 2.75) is 6.92 Å². The maximum Gasteiger partial charge on any atom is 0.337 e. The molecule has 24 heavy (non-hydrogen) atoms. The van der Waals surface area contributed by atoms with Crippen molar-refractivity contribution in [2.24, 2.45) is 0 Å². The number of rotatable bonds is 5. The molecular weight excluding hydrogens is 442 g/mol. The van der Waals surface area contributed by atoms with E-state index in [9.17, 15) is 9.59 Å². The number of carbonyl (C=O) groups excluding carboxylic acids is 2. The Bertz CT molecular complexity index is 777. The number of methoxy groups -OCH3 is 1. The van der Waals surface area contributed by atoms with E-state index < -0.39 is 5.97 Å². The molecule has 2 aromatic rings. The number of hydrogen-bond acceptors (Lipinski definition) is 4. The molecule has 0 fully saturated rings. The van der Waals surface area contributed by atoms with Gasteiger partial charge in [-0.1, -0.05) is 22.0 Å². The summed E-state index contributed by atoms with van der Waals surface area (Å²) in [4.78, 5) is 23.7. The van der Waals surface area contributed by atoms with Crippen LogP contribution >= 0.6 is 31.9 Å². The molecular formula is C17H15Br2NO4. The van der Waals surface area contributed by atoms with Gasteiger partial charge in [-0.25, -0.2) is 4.79 Å². The lowest BCUT2D eigenvalue weighted by Crippen LogP contribution is -2.21. The molecule has 5 nitrogen and oxygen atoms in total. The summed E-state index contributed by atoms with van der Waals surface area (Å²) < 4.78 is 11.8. The van der Waals surface area contributed by atoms with E-state index in [1.165, 1.54) is 7.11 Å². The Morgan fingerprint density at radius 3 is 2.54 bits per heavy atom. The molecule has 2 rings (SSSR count). The maximum atomic E-state index is 12.1. The van der Waals surface area contributed by atoms with Crippen molar-refractivity contribution < 1.29 is 19.1 Å². The van der Waals surface area contributed by atoms with Crippen LogP contribution in [0.25, 0.3) is 0 Å². The number of nitrogens with one attached hydrogen (secondary N) is 1. The minimum atomic E-state index is -0.458. The molecule has 0 saturated heterocycles. The molecule has 0 unspecified atom stereocenters. The van der Waals surface area contributed by atoms with Gasteiger partial charge in [0, 0.05) is 10.2 Å². The quantitative estimate of drug-likeness (QED) is 0.680. The van der Waals surface area contributed by atoms with Crippen LogP contribution in [-0.4, -0.2) is 25.6 Å². The van der Waals surface area contributed by atoms with E-state index in [1.54, 1.807) is 24.3 Å². The van der Waals surface area contributed by atoms with Gasteiger partial charge in [0.05, 0.1) is 17.1 Å². The van der Waals surface area contributed by atoms with E-state index in [1.807, 2.05) is 19.1 Å². The normalized spacial score (nSPS) is 10.2. The molecule has 0 spiro atoms. The third kappa shape index (κ3) is 4.82. The van der Waals surface area contributed by atoms with E-state index in [2.05, 4.69) is 41.9 Å². The third-order valence-electron chi connectivity index (χ3n) is 3.19. The van der Waals surface area contributed by atoms with Crippen LogP contribution in [0.3, 0.4) is 0 Å². The molecule has 0 bridgehead atoms. The van der Waals surface area contributed by atoms with Gasteiger partial charge in [0.2, 0.25) is 0 Å². The number of hydrogen-bond donors (Lipinski definition) is 1. The predicted molar refractivity (Wildman–Crippen MR) is 98.5 cm³/mol. The van der Waals surface area contributed by atoms with E-state index in [0.29, 0.717) is 17.0 Å². The average molecular weight is 457 g/mol.